The maximum absolute atomic E-state index is 10.8. The molecule has 1 aliphatic rings. The quantitative estimate of drug-likeness (QED) is 0.647. The van der Waals surface area contributed by atoms with Crippen LogP contribution in [0.4, 0.5) is 5.69 Å². The number of aryl methyl sites for hydroxylation is 1. The number of nitrogens with one attached hydrogen (secondary N) is 1. The lowest BCUT2D eigenvalue weighted by molar-refractivity contribution is -0.384. The number of nitrogens with zero attached hydrogens (tertiary/aromatic N) is 3. The lowest BCUT2D eigenvalue weighted by Crippen LogP contribution is -2.19. The Morgan fingerprint density at radius 1 is 1.48 bits per heavy atom. The Bertz CT molecular complexity index is 664. The number of rotatable bonds is 6. The van der Waals surface area contributed by atoms with Gasteiger partial charge in [-0.1, -0.05) is 11.2 Å². The summed E-state index contributed by atoms with van der Waals surface area (Å²) in [6.07, 6.45) is 3.14. The van der Waals surface area contributed by atoms with Crippen LogP contribution in [0.2, 0.25) is 0 Å². The van der Waals surface area contributed by atoms with Gasteiger partial charge in [-0.25, -0.2) is 0 Å². The minimum Gasteiger partial charge on any atom is -0.339 e. The van der Waals surface area contributed by atoms with E-state index in [1.54, 1.807) is 6.07 Å². The average Bonchev–Trinajstić information content (AvgIpc) is 3.16. The summed E-state index contributed by atoms with van der Waals surface area (Å²) in [4.78, 5) is 14.7. The molecule has 7 heteroatoms. The standard InChI is InChI=1S/C14H16N4O3/c1-9-2-5-11(18(19)20)8-12(9)14-16-13(21-17-14)6-7-15-10-3-4-10/h2,5,8,10,15H,3-4,6-7H2,1H3. The number of non-ortho nitro benzene ring substituents is 1. The highest BCUT2D eigenvalue weighted by molar-refractivity contribution is 5.63. The summed E-state index contributed by atoms with van der Waals surface area (Å²) in [5.41, 5.74) is 1.54. The van der Waals surface area contributed by atoms with Crippen molar-refractivity contribution < 1.29 is 9.45 Å². The van der Waals surface area contributed by atoms with Gasteiger partial charge in [0.2, 0.25) is 11.7 Å². The first-order valence-electron chi connectivity index (χ1n) is 6.95. The van der Waals surface area contributed by atoms with Gasteiger partial charge in [0, 0.05) is 36.7 Å². The van der Waals surface area contributed by atoms with Gasteiger partial charge in [-0.15, -0.1) is 0 Å². The van der Waals surface area contributed by atoms with Crippen molar-refractivity contribution in [3.63, 3.8) is 0 Å². The molecule has 1 saturated carbocycles. The van der Waals surface area contributed by atoms with E-state index in [4.69, 9.17) is 4.52 Å². The SMILES string of the molecule is Cc1ccc([N+](=O)[O-])cc1-c1noc(CCNC2CC2)n1. The first kappa shape index (κ1) is 13.7. The summed E-state index contributed by atoms with van der Waals surface area (Å²) in [6, 6.07) is 5.29. The van der Waals surface area contributed by atoms with Crippen LogP contribution < -0.4 is 5.32 Å². The molecule has 1 aliphatic carbocycles. The summed E-state index contributed by atoms with van der Waals surface area (Å²) in [5.74, 6) is 0.946. The molecule has 1 N–H and O–H groups in total. The highest BCUT2D eigenvalue weighted by Crippen LogP contribution is 2.25. The number of hydrogen-bond acceptors (Lipinski definition) is 6. The lowest BCUT2D eigenvalue weighted by atomic mass is 10.1. The van der Waals surface area contributed by atoms with E-state index in [2.05, 4.69) is 15.5 Å². The molecular weight excluding hydrogens is 272 g/mol. The van der Waals surface area contributed by atoms with Crippen LogP contribution in [0.3, 0.4) is 0 Å². The minimum atomic E-state index is -0.427. The minimum absolute atomic E-state index is 0.0253. The Kier molecular flexibility index (Phi) is 3.66. The molecule has 0 amide bonds. The fourth-order valence-corrected chi connectivity index (χ4v) is 2.10. The second-order valence-electron chi connectivity index (χ2n) is 5.25. The molecule has 110 valence electrons. The van der Waals surface area contributed by atoms with Gasteiger partial charge in [-0.2, -0.15) is 4.98 Å². The summed E-state index contributed by atoms with van der Waals surface area (Å²) in [7, 11) is 0. The zero-order valence-electron chi connectivity index (χ0n) is 11.7. The van der Waals surface area contributed by atoms with Gasteiger partial charge in [0.15, 0.2) is 0 Å². The van der Waals surface area contributed by atoms with Crippen LogP contribution in [-0.2, 0) is 6.42 Å². The predicted molar refractivity (Wildman–Crippen MR) is 75.9 cm³/mol. The molecule has 3 rings (SSSR count). The van der Waals surface area contributed by atoms with Gasteiger partial charge in [0.1, 0.15) is 0 Å². The number of hydrogen-bond donors (Lipinski definition) is 1. The van der Waals surface area contributed by atoms with Crippen LogP contribution in [-0.4, -0.2) is 27.7 Å². The molecule has 1 aromatic heterocycles. The van der Waals surface area contributed by atoms with E-state index in [-0.39, 0.29) is 5.69 Å². The zero-order chi connectivity index (χ0) is 14.8. The van der Waals surface area contributed by atoms with Crippen molar-refractivity contribution in [3.8, 4) is 11.4 Å². The average molecular weight is 288 g/mol. The number of benzene rings is 1. The molecule has 0 spiro atoms. The Hall–Kier alpha value is -2.28. The van der Waals surface area contributed by atoms with E-state index in [1.807, 2.05) is 6.92 Å². The molecule has 0 aliphatic heterocycles. The van der Waals surface area contributed by atoms with Gasteiger partial charge in [-0.05, 0) is 25.3 Å². The molecule has 0 bridgehead atoms. The highest BCUT2D eigenvalue weighted by atomic mass is 16.6. The van der Waals surface area contributed by atoms with E-state index < -0.39 is 4.92 Å². The second kappa shape index (κ2) is 5.61. The van der Waals surface area contributed by atoms with E-state index in [0.29, 0.717) is 29.7 Å². The van der Waals surface area contributed by atoms with E-state index >= 15 is 0 Å². The molecule has 0 unspecified atom stereocenters. The first-order valence-corrected chi connectivity index (χ1v) is 6.95. The lowest BCUT2D eigenvalue weighted by Gasteiger charge is -2.00. The van der Waals surface area contributed by atoms with Crippen molar-refractivity contribution in [1.29, 1.82) is 0 Å². The third-order valence-electron chi connectivity index (χ3n) is 3.49. The third kappa shape index (κ3) is 3.25. The maximum Gasteiger partial charge on any atom is 0.270 e. The van der Waals surface area contributed by atoms with Gasteiger partial charge in [0.25, 0.3) is 5.69 Å². The van der Waals surface area contributed by atoms with Crippen molar-refractivity contribution in [2.75, 3.05) is 6.54 Å². The maximum atomic E-state index is 10.8. The third-order valence-corrected chi connectivity index (χ3v) is 3.49. The molecule has 0 saturated heterocycles. The van der Waals surface area contributed by atoms with Crippen molar-refractivity contribution in [2.45, 2.75) is 32.2 Å². The molecule has 21 heavy (non-hydrogen) atoms. The fraction of sp³-hybridized carbons (Fsp3) is 0.429. The summed E-state index contributed by atoms with van der Waals surface area (Å²) >= 11 is 0. The van der Waals surface area contributed by atoms with E-state index in [1.165, 1.54) is 25.0 Å². The smallest absolute Gasteiger partial charge is 0.270 e. The Morgan fingerprint density at radius 2 is 2.29 bits per heavy atom. The molecule has 1 aromatic carbocycles. The van der Waals surface area contributed by atoms with Gasteiger partial charge >= 0.3 is 0 Å². The zero-order valence-corrected chi connectivity index (χ0v) is 11.7. The van der Waals surface area contributed by atoms with Crippen LogP contribution in [0, 0.1) is 17.0 Å². The van der Waals surface area contributed by atoms with Crippen molar-refractivity contribution in [1.82, 2.24) is 15.5 Å². The summed E-state index contributed by atoms with van der Waals surface area (Å²) in [5, 5.41) is 18.1. The molecular formula is C14H16N4O3. The van der Waals surface area contributed by atoms with Crippen molar-refractivity contribution in [3.05, 3.63) is 39.8 Å². The number of nitro groups is 1. The first-order chi connectivity index (χ1) is 10.1. The van der Waals surface area contributed by atoms with Gasteiger partial charge < -0.3 is 9.84 Å². The van der Waals surface area contributed by atoms with Crippen LogP contribution in [0.25, 0.3) is 11.4 Å². The molecule has 0 radical (unpaired) electrons. The van der Waals surface area contributed by atoms with Crippen LogP contribution >= 0.6 is 0 Å². The van der Waals surface area contributed by atoms with Crippen LogP contribution in [0.5, 0.6) is 0 Å². The molecule has 2 aromatic rings. The fourth-order valence-electron chi connectivity index (χ4n) is 2.10. The summed E-state index contributed by atoms with van der Waals surface area (Å²) < 4.78 is 5.21. The normalized spacial score (nSPS) is 14.3. The molecule has 1 fully saturated rings. The van der Waals surface area contributed by atoms with Crippen molar-refractivity contribution >= 4 is 5.69 Å². The Morgan fingerprint density at radius 3 is 3.00 bits per heavy atom. The highest BCUT2D eigenvalue weighted by Gasteiger charge is 2.20. The molecule has 7 nitrogen and oxygen atoms in total. The molecule has 0 atom stereocenters. The Balaban J connectivity index is 1.75. The van der Waals surface area contributed by atoms with E-state index in [0.717, 1.165) is 12.1 Å². The summed E-state index contributed by atoms with van der Waals surface area (Å²) in [6.45, 7) is 2.67. The van der Waals surface area contributed by atoms with Crippen LogP contribution in [0.1, 0.15) is 24.3 Å². The second-order valence-corrected chi connectivity index (χ2v) is 5.25. The number of aromatic nitrogens is 2. The van der Waals surface area contributed by atoms with Gasteiger partial charge in [0.05, 0.1) is 4.92 Å². The van der Waals surface area contributed by atoms with Gasteiger partial charge in [-0.3, -0.25) is 10.1 Å². The number of nitro benzene ring substituents is 1. The largest absolute Gasteiger partial charge is 0.339 e. The van der Waals surface area contributed by atoms with Crippen LogP contribution in [0.15, 0.2) is 22.7 Å². The van der Waals surface area contributed by atoms with E-state index in [9.17, 15) is 10.1 Å². The monoisotopic (exact) mass is 288 g/mol. The predicted octanol–water partition coefficient (Wildman–Crippen LogP) is 2.25. The Labute approximate surface area is 121 Å². The van der Waals surface area contributed by atoms with Crippen molar-refractivity contribution in [2.24, 2.45) is 0 Å². The molecule has 1 heterocycles. The topological polar surface area (TPSA) is 94.1 Å².